The topological polar surface area (TPSA) is 49.9 Å². The van der Waals surface area contributed by atoms with E-state index in [1.54, 1.807) is 17.0 Å². The Bertz CT molecular complexity index is 744. The molecule has 1 saturated carbocycles. The third-order valence-electron chi connectivity index (χ3n) is 5.02. The first-order valence-corrected chi connectivity index (χ1v) is 10.7. The second kappa shape index (κ2) is 8.50. The maximum Gasteiger partial charge on any atom is 0.410 e. The highest BCUT2D eigenvalue weighted by molar-refractivity contribution is 6.42. The van der Waals surface area contributed by atoms with Gasteiger partial charge in [0, 0.05) is 19.1 Å². The van der Waals surface area contributed by atoms with Crippen molar-refractivity contribution in [2.75, 3.05) is 6.54 Å². The van der Waals surface area contributed by atoms with E-state index in [1.807, 2.05) is 31.7 Å². The van der Waals surface area contributed by atoms with Gasteiger partial charge in [0.15, 0.2) is 0 Å². The quantitative estimate of drug-likeness (QED) is 0.658. The minimum absolute atomic E-state index is 0.000804. The van der Waals surface area contributed by atoms with Gasteiger partial charge in [-0.25, -0.2) is 4.79 Å². The van der Waals surface area contributed by atoms with Crippen LogP contribution < -0.4 is 0 Å². The van der Waals surface area contributed by atoms with E-state index in [0.717, 1.165) is 31.2 Å². The Morgan fingerprint density at radius 3 is 2.46 bits per heavy atom. The van der Waals surface area contributed by atoms with E-state index < -0.39 is 17.7 Å². The Kier molecular flexibility index (Phi) is 6.45. The number of nitrogens with zero attached hydrogens (tertiary/aromatic N) is 2. The molecule has 1 aromatic rings. The summed E-state index contributed by atoms with van der Waals surface area (Å²) in [5.41, 5.74) is 0.354. The number of carbonyl (C=O) groups excluding carboxylic acids is 2. The molecule has 5 nitrogen and oxygen atoms in total. The van der Waals surface area contributed by atoms with E-state index >= 15 is 0 Å². The molecule has 1 saturated heterocycles. The van der Waals surface area contributed by atoms with Crippen LogP contribution in [0.3, 0.4) is 0 Å². The maximum absolute atomic E-state index is 13.4. The molecule has 2 fully saturated rings. The average molecular weight is 427 g/mol. The van der Waals surface area contributed by atoms with Gasteiger partial charge in [-0.1, -0.05) is 29.3 Å². The van der Waals surface area contributed by atoms with Crippen molar-refractivity contribution in [3.8, 4) is 0 Å². The fraction of sp³-hybridized carbons (Fsp3) is 0.619. The highest BCUT2D eigenvalue weighted by Gasteiger charge is 2.41. The lowest BCUT2D eigenvalue weighted by atomic mass is 10.0. The van der Waals surface area contributed by atoms with Gasteiger partial charge in [0.2, 0.25) is 5.91 Å². The first kappa shape index (κ1) is 21.3. The number of carbonyl (C=O) groups is 2. The van der Waals surface area contributed by atoms with Crippen molar-refractivity contribution in [3.05, 3.63) is 33.8 Å². The van der Waals surface area contributed by atoms with Gasteiger partial charge in [-0.15, -0.1) is 0 Å². The van der Waals surface area contributed by atoms with Crippen LogP contribution >= 0.6 is 23.2 Å². The molecule has 1 unspecified atom stereocenters. The Morgan fingerprint density at radius 2 is 1.86 bits per heavy atom. The normalized spacial score (nSPS) is 20.0. The van der Waals surface area contributed by atoms with E-state index in [9.17, 15) is 9.59 Å². The minimum Gasteiger partial charge on any atom is -0.444 e. The van der Waals surface area contributed by atoms with Gasteiger partial charge < -0.3 is 9.64 Å². The number of piperidine rings is 1. The minimum atomic E-state index is -0.585. The van der Waals surface area contributed by atoms with Crippen LogP contribution in [0, 0.1) is 0 Å². The number of amides is 2. The predicted octanol–water partition coefficient (Wildman–Crippen LogP) is 5.27. The third-order valence-corrected chi connectivity index (χ3v) is 5.76. The largest absolute Gasteiger partial charge is 0.444 e. The summed E-state index contributed by atoms with van der Waals surface area (Å²) >= 11 is 12.2. The molecule has 3 rings (SSSR count). The van der Waals surface area contributed by atoms with Crippen LogP contribution in [0.5, 0.6) is 0 Å². The van der Waals surface area contributed by atoms with Crippen molar-refractivity contribution in [1.82, 2.24) is 9.80 Å². The average Bonchev–Trinajstić information content (AvgIpc) is 3.45. The number of ether oxygens (including phenoxy) is 1. The summed E-state index contributed by atoms with van der Waals surface area (Å²) < 4.78 is 5.54. The van der Waals surface area contributed by atoms with Gasteiger partial charge in [-0.05, 0) is 70.6 Å². The van der Waals surface area contributed by atoms with E-state index in [-0.39, 0.29) is 11.9 Å². The highest BCUT2D eigenvalue weighted by atomic mass is 35.5. The monoisotopic (exact) mass is 426 g/mol. The Morgan fingerprint density at radius 1 is 1.14 bits per heavy atom. The molecule has 1 aromatic carbocycles. The van der Waals surface area contributed by atoms with Crippen molar-refractivity contribution < 1.29 is 14.3 Å². The standard InChI is InChI=1S/C21H28Cl2N2O3/c1-21(2,3)28-20(27)24-11-5-4-6-18(24)19(26)25(15-8-9-15)13-14-7-10-16(22)17(23)12-14/h7,10,12,15,18H,4-6,8-9,11,13H2,1-3H3. The zero-order chi connectivity index (χ0) is 20.5. The van der Waals surface area contributed by atoms with Crippen LogP contribution in [0.25, 0.3) is 0 Å². The molecule has 0 bridgehead atoms. The summed E-state index contributed by atoms with van der Waals surface area (Å²) in [7, 11) is 0. The van der Waals surface area contributed by atoms with Crippen molar-refractivity contribution in [2.45, 2.75) is 77.1 Å². The summed E-state index contributed by atoms with van der Waals surface area (Å²) in [4.78, 5) is 29.6. The smallest absolute Gasteiger partial charge is 0.410 e. The number of hydrogen-bond acceptors (Lipinski definition) is 3. The lowest BCUT2D eigenvalue weighted by Crippen LogP contribution is -2.54. The van der Waals surface area contributed by atoms with Crippen molar-refractivity contribution >= 4 is 35.2 Å². The molecular weight excluding hydrogens is 399 g/mol. The van der Waals surface area contributed by atoms with E-state index in [1.165, 1.54) is 0 Å². The zero-order valence-electron chi connectivity index (χ0n) is 16.7. The lowest BCUT2D eigenvalue weighted by Gasteiger charge is -2.38. The SMILES string of the molecule is CC(C)(C)OC(=O)N1CCCCC1C(=O)N(Cc1ccc(Cl)c(Cl)c1)C1CC1. The molecule has 2 amide bonds. The molecule has 1 aliphatic heterocycles. The fourth-order valence-electron chi connectivity index (χ4n) is 3.53. The molecule has 0 spiro atoms. The molecule has 7 heteroatoms. The van der Waals surface area contributed by atoms with E-state index in [4.69, 9.17) is 27.9 Å². The Hall–Kier alpha value is -1.46. The van der Waals surface area contributed by atoms with Crippen LogP contribution in [-0.4, -0.2) is 46.0 Å². The summed E-state index contributed by atoms with van der Waals surface area (Å²) in [6, 6.07) is 5.21. The van der Waals surface area contributed by atoms with E-state index in [2.05, 4.69) is 0 Å². The number of benzene rings is 1. The van der Waals surface area contributed by atoms with Gasteiger partial charge in [-0.2, -0.15) is 0 Å². The van der Waals surface area contributed by atoms with Crippen molar-refractivity contribution in [1.29, 1.82) is 0 Å². The fourth-order valence-corrected chi connectivity index (χ4v) is 3.85. The van der Waals surface area contributed by atoms with Gasteiger partial charge in [-0.3, -0.25) is 9.69 Å². The van der Waals surface area contributed by atoms with Crippen LogP contribution in [0.1, 0.15) is 58.4 Å². The van der Waals surface area contributed by atoms with Gasteiger partial charge in [0.1, 0.15) is 11.6 Å². The Balaban J connectivity index is 1.77. The van der Waals surface area contributed by atoms with E-state index in [0.29, 0.717) is 29.6 Å². The zero-order valence-corrected chi connectivity index (χ0v) is 18.2. The molecule has 154 valence electrons. The Labute approximate surface area is 176 Å². The number of hydrogen-bond donors (Lipinski definition) is 0. The van der Waals surface area contributed by atoms with Crippen molar-refractivity contribution in [3.63, 3.8) is 0 Å². The molecule has 1 atom stereocenters. The second-order valence-corrected chi connectivity index (χ2v) is 9.45. The molecular formula is C21H28Cl2N2O3. The first-order valence-electron chi connectivity index (χ1n) is 9.90. The number of halogens is 2. The molecule has 0 radical (unpaired) electrons. The molecule has 28 heavy (non-hydrogen) atoms. The number of likely N-dealkylation sites (tertiary alicyclic amines) is 1. The second-order valence-electron chi connectivity index (χ2n) is 8.63. The molecule has 1 heterocycles. The van der Waals surface area contributed by atoms with Gasteiger partial charge >= 0.3 is 6.09 Å². The first-order chi connectivity index (χ1) is 13.2. The summed E-state index contributed by atoms with van der Waals surface area (Å²) in [6.07, 6.45) is 4.07. The summed E-state index contributed by atoms with van der Waals surface area (Å²) in [5, 5.41) is 0.980. The maximum atomic E-state index is 13.4. The summed E-state index contributed by atoms with van der Waals surface area (Å²) in [5.74, 6) is -0.000804. The summed E-state index contributed by atoms with van der Waals surface area (Å²) in [6.45, 7) is 6.54. The highest BCUT2D eigenvalue weighted by Crippen LogP contribution is 2.32. The van der Waals surface area contributed by atoms with Crippen LogP contribution in [-0.2, 0) is 16.1 Å². The van der Waals surface area contributed by atoms with Crippen LogP contribution in [0.2, 0.25) is 10.0 Å². The number of rotatable bonds is 4. The molecule has 2 aliphatic rings. The van der Waals surface area contributed by atoms with Gasteiger partial charge in [0.25, 0.3) is 0 Å². The molecule has 0 N–H and O–H groups in total. The van der Waals surface area contributed by atoms with Crippen LogP contribution in [0.15, 0.2) is 18.2 Å². The van der Waals surface area contributed by atoms with Gasteiger partial charge in [0.05, 0.1) is 10.0 Å². The van der Waals surface area contributed by atoms with Crippen LogP contribution in [0.4, 0.5) is 4.79 Å². The molecule has 0 aromatic heterocycles. The molecule has 1 aliphatic carbocycles. The third kappa shape index (κ3) is 5.32. The predicted molar refractivity (Wildman–Crippen MR) is 111 cm³/mol. The van der Waals surface area contributed by atoms with Crippen molar-refractivity contribution in [2.24, 2.45) is 0 Å². The lowest BCUT2D eigenvalue weighted by molar-refractivity contribution is -0.139.